The van der Waals surface area contributed by atoms with E-state index < -0.39 is 18.1 Å². The molecule has 2 aromatic carbocycles. The zero-order valence-corrected chi connectivity index (χ0v) is 20.7. The van der Waals surface area contributed by atoms with Crippen LogP contribution in [0.2, 0.25) is 0 Å². The zero-order valence-electron chi connectivity index (χ0n) is 20.7. The van der Waals surface area contributed by atoms with Crippen LogP contribution in [-0.2, 0) is 16.6 Å². The molecule has 2 fully saturated rings. The van der Waals surface area contributed by atoms with Crippen molar-refractivity contribution in [1.82, 2.24) is 9.80 Å². The first kappa shape index (κ1) is 21.6. The Morgan fingerprint density at radius 2 is 1.84 bits per heavy atom. The number of esters is 1. The lowest BCUT2D eigenvalue weighted by atomic mass is 9.53. The van der Waals surface area contributed by atoms with Crippen molar-refractivity contribution in [2.24, 2.45) is 11.8 Å². The molecule has 1 saturated heterocycles. The molecule has 37 heavy (non-hydrogen) atoms. The Balaban J connectivity index is 1.28. The van der Waals surface area contributed by atoms with Crippen molar-refractivity contribution in [2.45, 2.75) is 56.2 Å². The van der Waals surface area contributed by atoms with Gasteiger partial charge in [-0.25, -0.2) is 0 Å². The van der Waals surface area contributed by atoms with Gasteiger partial charge in [-0.3, -0.25) is 24.2 Å². The number of fused-ring (bicyclic) bond motifs is 1. The monoisotopic (exact) mass is 496 g/mol. The van der Waals surface area contributed by atoms with E-state index in [1.165, 1.54) is 30.2 Å². The van der Waals surface area contributed by atoms with Gasteiger partial charge >= 0.3 is 5.97 Å². The maximum Gasteiger partial charge on any atom is 0.308 e. The quantitative estimate of drug-likeness (QED) is 0.279. The van der Waals surface area contributed by atoms with Crippen molar-refractivity contribution < 1.29 is 23.9 Å². The Morgan fingerprint density at radius 3 is 2.54 bits per heavy atom. The lowest BCUT2D eigenvalue weighted by molar-refractivity contribution is -0.132. The Bertz CT molecular complexity index is 1390. The summed E-state index contributed by atoms with van der Waals surface area (Å²) < 4.78 is 12.4. The van der Waals surface area contributed by atoms with Gasteiger partial charge in [0.25, 0.3) is 11.8 Å². The SMILES string of the molecule is CC(=O)Oc1ccc2c3c1O[C@H]1[C@H](N4C(=O)c5ccccc5C4=O)C=C[C@H]4[C@@H](C2)N(CC2CC2)CC[C@@]341. The minimum atomic E-state index is -0.539. The van der Waals surface area contributed by atoms with Crippen LogP contribution in [0.3, 0.4) is 0 Å². The molecule has 1 spiro atoms. The third-order valence-corrected chi connectivity index (χ3v) is 9.54. The Kier molecular flexibility index (Phi) is 4.27. The molecule has 0 radical (unpaired) electrons. The van der Waals surface area contributed by atoms with Crippen LogP contribution in [0.15, 0.2) is 48.6 Å². The van der Waals surface area contributed by atoms with Crippen LogP contribution in [0.5, 0.6) is 11.5 Å². The highest BCUT2D eigenvalue weighted by Gasteiger charge is 2.66. The summed E-state index contributed by atoms with van der Waals surface area (Å²) in [5, 5.41) is 0. The van der Waals surface area contributed by atoms with Crippen molar-refractivity contribution in [1.29, 1.82) is 0 Å². The lowest BCUT2D eigenvalue weighted by Crippen LogP contribution is -2.67. The second-order valence-electron chi connectivity index (χ2n) is 11.5. The molecular weight excluding hydrogens is 468 g/mol. The molecule has 8 rings (SSSR count). The van der Waals surface area contributed by atoms with Crippen LogP contribution in [0.4, 0.5) is 0 Å². The standard InChI is InChI=1S/C30H28N2O5/c1-16(33)36-24-11-8-18-14-23-21-9-10-22(32-28(34)19-4-2-3-5-20(19)29(32)35)27-30(21,25(18)26(24)37-27)12-13-31(23)15-17-6-7-17/h2-5,8-11,17,21-23,27H,6-7,12-15H2,1H3/t21-,22+,23+,27-,30-/m0/s1. The fourth-order valence-corrected chi connectivity index (χ4v) is 7.92. The number of carbonyl (C=O) groups excluding carboxylic acids is 3. The van der Waals surface area contributed by atoms with E-state index in [0.717, 1.165) is 37.4 Å². The maximum absolute atomic E-state index is 13.5. The molecule has 6 aliphatic rings. The molecular formula is C30H28N2O5. The Morgan fingerprint density at radius 1 is 1.08 bits per heavy atom. The number of imide groups is 1. The largest absolute Gasteiger partial charge is 0.483 e. The number of rotatable bonds is 4. The minimum absolute atomic E-state index is 0.206. The van der Waals surface area contributed by atoms with Crippen molar-refractivity contribution in [2.75, 3.05) is 13.1 Å². The predicted octanol–water partition coefficient (Wildman–Crippen LogP) is 3.50. The number of likely N-dealkylation sites (tertiary alicyclic amines) is 1. The molecule has 3 aliphatic carbocycles. The molecule has 7 nitrogen and oxygen atoms in total. The molecule has 2 aromatic rings. The van der Waals surface area contributed by atoms with Crippen LogP contribution < -0.4 is 9.47 Å². The molecule has 3 aliphatic heterocycles. The number of benzene rings is 2. The Hall–Kier alpha value is -3.45. The number of piperidine rings is 1. The summed E-state index contributed by atoms with van der Waals surface area (Å²) in [6.07, 6.45) is 8.28. The summed E-state index contributed by atoms with van der Waals surface area (Å²) in [5.41, 5.74) is 2.86. The third-order valence-electron chi connectivity index (χ3n) is 9.54. The number of ether oxygens (including phenoxy) is 2. The number of nitrogens with zero attached hydrogens (tertiary/aromatic N) is 2. The number of amides is 2. The number of hydrogen-bond donors (Lipinski definition) is 0. The summed E-state index contributed by atoms with van der Waals surface area (Å²) in [7, 11) is 0. The van der Waals surface area contributed by atoms with Gasteiger partial charge in [0.15, 0.2) is 11.5 Å². The van der Waals surface area contributed by atoms with E-state index in [0.29, 0.717) is 28.7 Å². The van der Waals surface area contributed by atoms with Crippen LogP contribution in [-0.4, -0.2) is 58.9 Å². The second-order valence-corrected chi connectivity index (χ2v) is 11.5. The fourth-order valence-electron chi connectivity index (χ4n) is 7.92. The van der Waals surface area contributed by atoms with Crippen molar-refractivity contribution >= 4 is 17.8 Å². The summed E-state index contributed by atoms with van der Waals surface area (Å²) in [6, 6.07) is 10.8. The lowest BCUT2D eigenvalue weighted by Gasteiger charge is -2.58. The molecule has 188 valence electrons. The summed E-state index contributed by atoms with van der Waals surface area (Å²) in [5.74, 6) is 1.10. The van der Waals surface area contributed by atoms with Gasteiger partial charge in [0.2, 0.25) is 0 Å². The van der Waals surface area contributed by atoms with Gasteiger partial charge in [0.1, 0.15) is 6.10 Å². The van der Waals surface area contributed by atoms with Gasteiger partial charge in [-0.1, -0.05) is 30.4 Å². The van der Waals surface area contributed by atoms with E-state index in [1.807, 2.05) is 12.1 Å². The maximum atomic E-state index is 13.5. The topological polar surface area (TPSA) is 76.1 Å². The highest BCUT2D eigenvalue weighted by molar-refractivity contribution is 6.21. The number of hydrogen-bond acceptors (Lipinski definition) is 6. The predicted molar refractivity (Wildman–Crippen MR) is 134 cm³/mol. The molecule has 0 aromatic heterocycles. The van der Waals surface area contributed by atoms with E-state index in [4.69, 9.17) is 9.47 Å². The average Bonchev–Trinajstić information content (AvgIpc) is 3.59. The van der Waals surface area contributed by atoms with Gasteiger partial charge in [0.05, 0.1) is 17.2 Å². The zero-order chi connectivity index (χ0) is 25.1. The van der Waals surface area contributed by atoms with Crippen LogP contribution in [0.25, 0.3) is 0 Å². The van der Waals surface area contributed by atoms with Gasteiger partial charge in [0, 0.05) is 36.4 Å². The van der Waals surface area contributed by atoms with Crippen molar-refractivity contribution in [3.63, 3.8) is 0 Å². The summed E-state index contributed by atoms with van der Waals surface area (Å²) >= 11 is 0. The van der Waals surface area contributed by atoms with E-state index in [9.17, 15) is 14.4 Å². The smallest absolute Gasteiger partial charge is 0.308 e. The van der Waals surface area contributed by atoms with Gasteiger partial charge in [-0.2, -0.15) is 0 Å². The van der Waals surface area contributed by atoms with E-state index >= 15 is 0 Å². The highest BCUT2D eigenvalue weighted by atomic mass is 16.6. The van der Waals surface area contributed by atoms with Crippen LogP contribution >= 0.6 is 0 Å². The first-order valence-corrected chi connectivity index (χ1v) is 13.4. The molecule has 0 N–H and O–H groups in total. The van der Waals surface area contributed by atoms with Crippen molar-refractivity contribution in [3.8, 4) is 11.5 Å². The van der Waals surface area contributed by atoms with E-state index in [2.05, 4.69) is 17.0 Å². The minimum Gasteiger partial charge on any atom is -0.483 e. The van der Waals surface area contributed by atoms with Crippen molar-refractivity contribution in [3.05, 3.63) is 70.8 Å². The summed E-state index contributed by atoms with van der Waals surface area (Å²) in [6.45, 7) is 3.48. The molecule has 0 unspecified atom stereocenters. The molecule has 7 heteroatoms. The average molecular weight is 497 g/mol. The molecule has 5 atom stereocenters. The molecule has 1 saturated carbocycles. The van der Waals surface area contributed by atoms with E-state index in [-0.39, 0.29) is 23.1 Å². The van der Waals surface area contributed by atoms with Gasteiger partial charge < -0.3 is 9.47 Å². The fraction of sp³-hybridized carbons (Fsp3) is 0.433. The van der Waals surface area contributed by atoms with Gasteiger partial charge in [-0.15, -0.1) is 0 Å². The first-order chi connectivity index (χ1) is 18.0. The highest BCUT2D eigenvalue weighted by Crippen LogP contribution is 2.63. The van der Waals surface area contributed by atoms with E-state index in [1.54, 1.807) is 24.3 Å². The third kappa shape index (κ3) is 2.78. The van der Waals surface area contributed by atoms with Crippen LogP contribution in [0, 0.1) is 11.8 Å². The Labute approximate surface area is 215 Å². The molecule has 3 heterocycles. The van der Waals surface area contributed by atoms with Crippen LogP contribution in [0.1, 0.15) is 58.0 Å². The molecule has 2 amide bonds. The molecule has 2 bridgehead atoms. The van der Waals surface area contributed by atoms with Gasteiger partial charge in [-0.05, 0) is 61.9 Å². The summed E-state index contributed by atoms with van der Waals surface area (Å²) in [4.78, 5) is 43.1. The first-order valence-electron chi connectivity index (χ1n) is 13.4. The second kappa shape index (κ2) is 7.32. The normalized spacial score (nSPS) is 32.7. The number of carbonyl (C=O) groups is 3.